The van der Waals surface area contributed by atoms with Gasteiger partial charge in [0.05, 0.1) is 0 Å². The molecule has 0 aliphatic rings. The van der Waals surface area contributed by atoms with Gasteiger partial charge in [-0.3, -0.25) is 0 Å². The van der Waals surface area contributed by atoms with E-state index in [4.69, 9.17) is 4.98 Å². The van der Waals surface area contributed by atoms with Gasteiger partial charge in [0.2, 0.25) is 0 Å². The van der Waals surface area contributed by atoms with Gasteiger partial charge >= 0.3 is 0 Å². The normalized spacial score (nSPS) is 12.3. The van der Waals surface area contributed by atoms with Crippen molar-refractivity contribution in [2.24, 2.45) is 5.92 Å². The minimum absolute atomic E-state index is 0.0426. The first-order valence-electron chi connectivity index (χ1n) is 6.93. The van der Waals surface area contributed by atoms with Crippen molar-refractivity contribution in [1.29, 1.82) is 0 Å². The molecule has 1 aromatic rings. The molecule has 1 aromatic heterocycles. The van der Waals surface area contributed by atoms with Gasteiger partial charge in [0.1, 0.15) is 16.2 Å². The highest BCUT2D eigenvalue weighted by atomic mass is 79.9. The van der Waals surface area contributed by atoms with Crippen molar-refractivity contribution < 1.29 is 0 Å². The summed E-state index contributed by atoms with van der Waals surface area (Å²) < 4.78 is 0.858. The summed E-state index contributed by atoms with van der Waals surface area (Å²) in [6.07, 6.45) is 0. The maximum Gasteiger partial charge on any atom is 0.137 e. The molecule has 0 radical (unpaired) electrons. The molecule has 0 N–H and O–H groups in total. The quantitative estimate of drug-likeness (QED) is 0.767. The molecular weight excluding hydrogens is 302 g/mol. The second-order valence-corrected chi connectivity index (χ2v) is 7.57. The molecule has 4 heteroatoms. The number of anilines is 1. The molecule has 1 rings (SSSR count). The Bertz CT molecular complexity index is 422. The van der Waals surface area contributed by atoms with Gasteiger partial charge in [-0.15, -0.1) is 0 Å². The van der Waals surface area contributed by atoms with Crippen molar-refractivity contribution in [3.8, 4) is 0 Å². The van der Waals surface area contributed by atoms with Crippen molar-refractivity contribution in [2.75, 3.05) is 11.4 Å². The van der Waals surface area contributed by atoms with Crippen LogP contribution in [0.5, 0.6) is 0 Å². The number of hydrogen-bond donors (Lipinski definition) is 0. The van der Waals surface area contributed by atoms with Crippen LogP contribution < -0.4 is 4.90 Å². The third-order valence-corrected chi connectivity index (χ3v) is 3.24. The van der Waals surface area contributed by atoms with Crippen LogP contribution in [0.2, 0.25) is 0 Å². The number of nitrogens with zero attached hydrogens (tertiary/aromatic N) is 3. The van der Waals surface area contributed by atoms with E-state index in [1.165, 1.54) is 0 Å². The first kappa shape index (κ1) is 16.4. The molecule has 108 valence electrons. The lowest BCUT2D eigenvalue weighted by molar-refractivity contribution is 0.531. The van der Waals surface area contributed by atoms with Gasteiger partial charge < -0.3 is 4.90 Å². The lowest BCUT2D eigenvalue weighted by Gasteiger charge is -2.30. The van der Waals surface area contributed by atoms with Crippen molar-refractivity contribution in [2.45, 2.75) is 59.9 Å². The molecule has 0 bridgehead atoms. The molecule has 0 amide bonds. The van der Waals surface area contributed by atoms with Crippen LogP contribution in [0.3, 0.4) is 0 Å². The van der Waals surface area contributed by atoms with Crippen molar-refractivity contribution in [3.05, 3.63) is 16.5 Å². The Morgan fingerprint density at radius 3 is 2.16 bits per heavy atom. The lowest BCUT2D eigenvalue weighted by Crippen LogP contribution is -2.35. The summed E-state index contributed by atoms with van der Waals surface area (Å²) in [6, 6.07) is 2.44. The average Bonchev–Trinajstić information content (AvgIpc) is 2.23. The first-order chi connectivity index (χ1) is 8.61. The van der Waals surface area contributed by atoms with Crippen LogP contribution in [0, 0.1) is 5.92 Å². The number of hydrogen-bond acceptors (Lipinski definition) is 3. The van der Waals surface area contributed by atoms with Gasteiger partial charge in [-0.1, -0.05) is 34.6 Å². The highest BCUT2D eigenvalue weighted by Crippen LogP contribution is 2.25. The Morgan fingerprint density at radius 1 is 1.16 bits per heavy atom. The zero-order valence-corrected chi connectivity index (χ0v) is 14.7. The number of rotatable bonds is 4. The Morgan fingerprint density at radius 2 is 1.74 bits per heavy atom. The van der Waals surface area contributed by atoms with Crippen LogP contribution in [0.4, 0.5) is 5.82 Å². The van der Waals surface area contributed by atoms with Gasteiger partial charge in [-0.05, 0) is 35.7 Å². The predicted octanol–water partition coefficient (Wildman–Crippen LogP) is 4.41. The van der Waals surface area contributed by atoms with E-state index in [0.29, 0.717) is 12.0 Å². The summed E-state index contributed by atoms with van der Waals surface area (Å²) in [7, 11) is 0. The Hall–Kier alpha value is -0.640. The van der Waals surface area contributed by atoms with E-state index in [9.17, 15) is 0 Å². The smallest absolute Gasteiger partial charge is 0.137 e. The van der Waals surface area contributed by atoms with Gasteiger partial charge in [0.15, 0.2) is 0 Å². The fourth-order valence-electron chi connectivity index (χ4n) is 1.85. The van der Waals surface area contributed by atoms with E-state index in [0.717, 1.165) is 22.8 Å². The van der Waals surface area contributed by atoms with Crippen molar-refractivity contribution >= 4 is 21.7 Å². The Kier molecular flexibility index (Phi) is 5.36. The minimum Gasteiger partial charge on any atom is -0.354 e. The van der Waals surface area contributed by atoms with Crippen molar-refractivity contribution in [3.63, 3.8) is 0 Å². The first-order valence-corrected chi connectivity index (χ1v) is 7.72. The van der Waals surface area contributed by atoms with E-state index in [1.807, 2.05) is 6.07 Å². The number of aromatic nitrogens is 2. The van der Waals surface area contributed by atoms with Crippen molar-refractivity contribution in [1.82, 2.24) is 9.97 Å². The van der Waals surface area contributed by atoms with E-state index in [2.05, 4.69) is 74.3 Å². The Labute approximate surface area is 126 Å². The summed E-state index contributed by atoms with van der Waals surface area (Å²) in [4.78, 5) is 11.6. The minimum atomic E-state index is -0.0426. The van der Waals surface area contributed by atoms with Crippen LogP contribution in [-0.2, 0) is 5.41 Å². The standard InChI is InChI=1S/C15H26BrN3/c1-10(2)9-19(11(3)4)13-8-12(16)17-14(18-13)15(5,6)7/h8,10-11H,9H2,1-7H3. The molecule has 0 saturated carbocycles. The van der Waals surface area contributed by atoms with E-state index < -0.39 is 0 Å². The molecule has 0 saturated heterocycles. The second kappa shape index (κ2) is 6.21. The summed E-state index contributed by atoms with van der Waals surface area (Å²) in [5.74, 6) is 2.50. The summed E-state index contributed by atoms with van der Waals surface area (Å²) in [5.41, 5.74) is -0.0426. The van der Waals surface area contributed by atoms with Crippen LogP contribution >= 0.6 is 15.9 Å². The van der Waals surface area contributed by atoms with Gasteiger partial charge in [-0.25, -0.2) is 9.97 Å². The zero-order valence-electron chi connectivity index (χ0n) is 13.2. The van der Waals surface area contributed by atoms with Crippen LogP contribution in [0.1, 0.15) is 54.3 Å². The molecule has 0 fully saturated rings. The highest BCUT2D eigenvalue weighted by Gasteiger charge is 2.21. The largest absolute Gasteiger partial charge is 0.354 e. The molecule has 19 heavy (non-hydrogen) atoms. The predicted molar refractivity (Wildman–Crippen MR) is 85.8 cm³/mol. The van der Waals surface area contributed by atoms with E-state index in [1.54, 1.807) is 0 Å². The van der Waals surface area contributed by atoms with Gasteiger partial charge in [0, 0.05) is 24.1 Å². The molecule has 0 atom stereocenters. The molecular formula is C15H26BrN3. The molecule has 0 aromatic carbocycles. The third kappa shape index (κ3) is 4.75. The second-order valence-electron chi connectivity index (χ2n) is 6.76. The highest BCUT2D eigenvalue weighted by molar-refractivity contribution is 9.10. The van der Waals surface area contributed by atoms with Gasteiger partial charge in [0.25, 0.3) is 0 Å². The summed E-state index contributed by atoms with van der Waals surface area (Å²) in [6.45, 7) is 16.3. The Balaban J connectivity index is 3.20. The SMILES string of the molecule is CC(C)CN(c1cc(Br)nc(C(C)(C)C)n1)C(C)C. The zero-order chi connectivity index (χ0) is 14.8. The third-order valence-electron chi connectivity index (χ3n) is 2.83. The van der Waals surface area contributed by atoms with Crippen LogP contribution in [-0.4, -0.2) is 22.6 Å². The maximum atomic E-state index is 4.76. The maximum absolute atomic E-state index is 4.76. The molecule has 1 heterocycles. The molecule has 0 aliphatic carbocycles. The fraction of sp³-hybridized carbons (Fsp3) is 0.733. The molecule has 0 aliphatic heterocycles. The van der Waals surface area contributed by atoms with Crippen LogP contribution in [0.15, 0.2) is 10.7 Å². The molecule has 0 unspecified atom stereocenters. The van der Waals surface area contributed by atoms with E-state index in [-0.39, 0.29) is 5.41 Å². The summed E-state index contributed by atoms with van der Waals surface area (Å²) >= 11 is 3.51. The number of halogens is 1. The fourth-order valence-corrected chi connectivity index (χ4v) is 2.22. The average molecular weight is 328 g/mol. The molecule has 3 nitrogen and oxygen atoms in total. The molecule has 0 spiro atoms. The lowest BCUT2D eigenvalue weighted by atomic mass is 9.96. The van der Waals surface area contributed by atoms with Crippen LogP contribution in [0.25, 0.3) is 0 Å². The van der Waals surface area contributed by atoms with Gasteiger partial charge in [-0.2, -0.15) is 0 Å². The monoisotopic (exact) mass is 327 g/mol. The summed E-state index contributed by atoms with van der Waals surface area (Å²) in [5, 5.41) is 0. The topological polar surface area (TPSA) is 29.0 Å². The van der Waals surface area contributed by atoms with E-state index >= 15 is 0 Å².